The molecule has 6 nitrogen and oxygen atoms in total. The molecule has 2 atom stereocenters. The van der Waals surface area contributed by atoms with Gasteiger partial charge in [0.2, 0.25) is 0 Å². The van der Waals surface area contributed by atoms with Gasteiger partial charge in [-0.25, -0.2) is 4.39 Å². The van der Waals surface area contributed by atoms with Gasteiger partial charge in [-0.05, 0) is 49.2 Å². The Hall–Kier alpha value is -3.31. The summed E-state index contributed by atoms with van der Waals surface area (Å²) < 4.78 is 13.2. The van der Waals surface area contributed by atoms with Gasteiger partial charge in [-0.3, -0.25) is 9.89 Å². The molecule has 2 aliphatic rings. The number of carbonyl (C=O) groups excluding carboxylic acids is 1. The Labute approximate surface area is 183 Å². The molecule has 3 aromatic rings. The molecule has 0 bridgehead atoms. The van der Waals surface area contributed by atoms with Gasteiger partial charge in [0.1, 0.15) is 5.82 Å². The summed E-state index contributed by atoms with van der Waals surface area (Å²) in [5.41, 5.74) is 1.66. The second-order valence-corrected chi connectivity index (χ2v) is 9.16. The molecule has 2 N–H and O–H groups in total. The molecule has 1 amide bonds. The van der Waals surface area contributed by atoms with Crippen molar-refractivity contribution in [1.82, 2.24) is 20.4 Å². The van der Waals surface area contributed by atoms with Gasteiger partial charge in [0.05, 0.1) is 17.8 Å². The van der Waals surface area contributed by atoms with E-state index in [1.807, 2.05) is 24.3 Å². The number of nitrogens with zero attached hydrogens (tertiary/aromatic N) is 3. The van der Waals surface area contributed by atoms with Gasteiger partial charge in [0.25, 0.3) is 5.91 Å². The monoisotopic (exact) mass is 433 g/mol. The summed E-state index contributed by atoms with van der Waals surface area (Å²) >= 11 is 1.52. The van der Waals surface area contributed by atoms with E-state index >= 15 is 0 Å². The highest BCUT2D eigenvalue weighted by molar-refractivity contribution is 7.99. The van der Waals surface area contributed by atoms with E-state index in [1.54, 1.807) is 23.1 Å². The fourth-order valence-electron chi connectivity index (χ4n) is 4.40. The van der Waals surface area contributed by atoms with Gasteiger partial charge in [-0.15, -0.1) is 0 Å². The zero-order chi connectivity index (χ0) is 21.4. The molecule has 1 aliphatic carbocycles. The Bertz CT molecular complexity index is 1170. The number of hydrogen-bond donors (Lipinski definition) is 2. The van der Waals surface area contributed by atoms with Gasteiger partial charge >= 0.3 is 0 Å². The normalized spacial score (nSPS) is 21.8. The van der Waals surface area contributed by atoms with E-state index in [1.165, 1.54) is 23.9 Å². The third kappa shape index (κ3) is 3.66. The molecule has 1 unspecified atom stereocenters. The van der Waals surface area contributed by atoms with Crippen LogP contribution < -0.4 is 5.32 Å². The van der Waals surface area contributed by atoms with Crippen molar-refractivity contribution in [3.8, 4) is 17.5 Å². The van der Waals surface area contributed by atoms with Crippen LogP contribution >= 0.6 is 11.8 Å². The first-order chi connectivity index (χ1) is 15.1. The van der Waals surface area contributed by atoms with E-state index in [0.717, 1.165) is 33.9 Å². The van der Waals surface area contributed by atoms with Gasteiger partial charge < -0.3 is 10.2 Å². The molecule has 2 aromatic carbocycles. The summed E-state index contributed by atoms with van der Waals surface area (Å²) in [6, 6.07) is 15.9. The van der Waals surface area contributed by atoms with Gasteiger partial charge in [0.15, 0.2) is 11.9 Å². The molecule has 2 fully saturated rings. The zero-order valence-corrected chi connectivity index (χ0v) is 17.5. The highest BCUT2D eigenvalue weighted by atomic mass is 32.2. The topological polar surface area (TPSA) is 84.8 Å². The molecule has 0 radical (unpaired) electrons. The van der Waals surface area contributed by atoms with Crippen molar-refractivity contribution in [3.63, 3.8) is 0 Å². The molecular weight excluding hydrogens is 413 g/mol. The predicted molar refractivity (Wildman–Crippen MR) is 115 cm³/mol. The van der Waals surface area contributed by atoms with E-state index in [-0.39, 0.29) is 17.3 Å². The lowest BCUT2D eigenvalue weighted by atomic mass is 9.69. The van der Waals surface area contributed by atoms with Crippen LogP contribution in [0, 0.1) is 23.2 Å². The Morgan fingerprint density at radius 1 is 1.29 bits per heavy atom. The van der Waals surface area contributed by atoms with E-state index in [9.17, 15) is 14.4 Å². The van der Waals surface area contributed by atoms with Crippen LogP contribution in [-0.2, 0) is 0 Å². The van der Waals surface area contributed by atoms with Crippen LogP contribution in [0.2, 0.25) is 0 Å². The molecule has 0 spiro atoms. The molecule has 31 heavy (non-hydrogen) atoms. The smallest absolute Gasteiger partial charge is 0.272 e. The SMILES string of the molecule is N#CN1CC2CC[C@]2(NC(=O)c2cc(-c3ccccc3Sc3ccc(F)cc3)[nH]n2)C1. The maximum atomic E-state index is 13.2. The van der Waals surface area contributed by atoms with Crippen molar-refractivity contribution in [2.24, 2.45) is 5.92 Å². The highest BCUT2D eigenvalue weighted by Crippen LogP contribution is 2.44. The van der Waals surface area contributed by atoms with E-state index in [2.05, 4.69) is 21.7 Å². The van der Waals surface area contributed by atoms with Crippen molar-refractivity contribution in [1.29, 1.82) is 5.26 Å². The standard InChI is InChI=1S/C23H20FN5OS/c24-16-5-7-17(8-6-16)31-21-4-2-1-3-18(21)19-11-20(28-27-19)22(30)26-23-10-9-15(23)12-29(13-23)14-25/h1-8,11,15H,9-10,12-13H2,(H,26,30)(H,27,28)/t15?,23-/m0/s1. The van der Waals surface area contributed by atoms with E-state index in [0.29, 0.717) is 24.7 Å². The molecule has 2 heterocycles. The summed E-state index contributed by atoms with van der Waals surface area (Å²) in [5, 5.41) is 19.6. The first kappa shape index (κ1) is 19.6. The predicted octanol–water partition coefficient (Wildman–Crippen LogP) is 4.04. The lowest BCUT2D eigenvalue weighted by Crippen LogP contribution is -2.60. The number of aromatic amines is 1. The fraction of sp³-hybridized carbons (Fsp3) is 0.261. The number of fused-ring (bicyclic) bond motifs is 1. The second kappa shape index (κ2) is 7.75. The molecule has 5 rings (SSSR count). The van der Waals surface area contributed by atoms with Crippen LogP contribution in [0.3, 0.4) is 0 Å². The number of H-pyrrole nitrogens is 1. The summed E-state index contributed by atoms with van der Waals surface area (Å²) in [6.45, 7) is 1.27. The molecule has 8 heteroatoms. The number of aromatic nitrogens is 2. The van der Waals surface area contributed by atoms with Crippen LogP contribution in [0.25, 0.3) is 11.3 Å². The van der Waals surface area contributed by atoms with E-state index < -0.39 is 0 Å². The molecule has 1 aromatic heterocycles. The maximum Gasteiger partial charge on any atom is 0.272 e. The number of carbonyl (C=O) groups is 1. The summed E-state index contributed by atoms with van der Waals surface area (Å²) in [7, 11) is 0. The summed E-state index contributed by atoms with van der Waals surface area (Å²) in [5.74, 6) is -0.173. The summed E-state index contributed by atoms with van der Waals surface area (Å²) in [4.78, 5) is 16.5. The van der Waals surface area contributed by atoms with Crippen molar-refractivity contribution >= 4 is 17.7 Å². The molecule has 156 valence electrons. The fourth-order valence-corrected chi connectivity index (χ4v) is 5.36. The van der Waals surface area contributed by atoms with Crippen LogP contribution in [-0.4, -0.2) is 39.6 Å². The van der Waals surface area contributed by atoms with Crippen LogP contribution in [0.1, 0.15) is 23.3 Å². The van der Waals surface area contributed by atoms with Crippen LogP contribution in [0.5, 0.6) is 0 Å². The lowest BCUT2D eigenvalue weighted by molar-refractivity contribution is 0.0757. The number of halogens is 1. The molecule has 1 saturated heterocycles. The number of likely N-dealkylation sites (tertiary alicyclic amines) is 1. The quantitative estimate of drug-likeness (QED) is 0.593. The van der Waals surface area contributed by atoms with Crippen molar-refractivity contribution in [3.05, 3.63) is 66.1 Å². The average molecular weight is 434 g/mol. The van der Waals surface area contributed by atoms with E-state index in [4.69, 9.17) is 0 Å². The Balaban J connectivity index is 1.35. The van der Waals surface area contributed by atoms with Crippen LogP contribution in [0.4, 0.5) is 4.39 Å². The van der Waals surface area contributed by atoms with Gasteiger partial charge in [-0.2, -0.15) is 10.4 Å². The molecule has 1 saturated carbocycles. The Morgan fingerprint density at radius 3 is 2.84 bits per heavy atom. The Kier molecular flexibility index (Phi) is 4.91. The van der Waals surface area contributed by atoms with Gasteiger partial charge in [-0.1, -0.05) is 30.0 Å². The Morgan fingerprint density at radius 2 is 2.10 bits per heavy atom. The highest BCUT2D eigenvalue weighted by Gasteiger charge is 2.54. The third-order valence-corrected chi connectivity index (χ3v) is 7.25. The number of rotatable bonds is 5. The minimum atomic E-state index is -0.317. The number of hydrogen-bond acceptors (Lipinski definition) is 5. The van der Waals surface area contributed by atoms with Crippen molar-refractivity contribution < 1.29 is 9.18 Å². The average Bonchev–Trinajstić information content (AvgIpc) is 3.35. The molecule has 1 aliphatic heterocycles. The number of nitriles is 1. The van der Waals surface area contributed by atoms with Crippen LogP contribution in [0.15, 0.2) is 64.4 Å². The second-order valence-electron chi connectivity index (χ2n) is 8.05. The van der Waals surface area contributed by atoms with Crippen molar-refractivity contribution in [2.45, 2.75) is 28.2 Å². The summed E-state index contributed by atoms with van der Waals surface area (Å²) in [6.07, 6.45) is 4.11. The minimum absolute atomic E-state index is 0.226. The largest absolute Gasteiger partial charge is 0.343 e. The maximum absolute atomic E-state index is 13.2. The first-order valence-corrected chi connectivity index (χ1v) is 10.9. The zero-order valence-electron chi connectivity index (χ0n) is 16.6. The van der Waals surface area contributed by atoms with Crippen molar-refractivity contribution in [2.75, 3.05) is 13.1 Å². The third-order valence-electron chi connectivity index (χ3n) is 6.17. The number of amides is 1. The number of nitrogens with one attached hydrogen (secondary N) is 2. The first-order valence-electron chi connectivity index (χ1n) is 10.1. The lowest BCUT2D eigenvalue weighted by Gasteiger charge is -2.44. The number of benzene rings is 2. The van der Waals surface area contributed by atoms with Gasteiger partial charge in [0, 0.05) is 27.8 Å². The molecular formula is C23H20FN5OS. The minimum Gasteiger partial charge on any atom is -0.343 e.